The van der Waals surface area contributed by atoms with Crippen molar-refractivity contribution < 1.29 is 4.79 Å². The Morgan fingerprint density at radius 3 is 2.74 bits per heavy atom. The number of nitrogens with zero attached hydrogens (tertiary/aromatic N) is 5. The molecule has 0 aliphatic rings. The molecule has 0 spiro atoms. The first-order valence-electron chi connectivity index (χ1n) is 12.1. The fourth-order valence-corrected chi connectivity index (χ4v) is 4.69. The molecule has 6 rings (SSSR count). The number of aromatic nitrogens is 6. The van der Waals surface area contributed by atoms with E-state index in [1.807, 2.05) is 56.6 Å². The van der Waals surface area contributed by atoms with Crippen molar-refractivity contribution in [2.45, 2.75) is 13.0 Å². The van der Waals surface area contributed by atoms with Gasteiger partial charge in [-0.15, -0.1) is 0 Å². The Kier molecular flexibility index (Phi) is 5.62. The largest absolute Gasteiger partial charge is 0.383 e. The predicted molar refractivity (Wildman–Crippen MR) is 146 cm³/mol. The number of hydrogen-bond donors (Lipinski definition) is 3. The smallest absolute Gasteiger partial charge is 0.259 e. The van der Waals surface area contributed by atoms with Gasteiger partial charge in [-0.2, -0.15) is 5.10 Å². The van der Waals surface area contributed by atoms with Crippen LogP contribution in [0.1, 0.15) is 40.1 Å². The number of nitrogens with one attached hydrogen (secondary N) is 2. The summed E-state index contributed by atoms with van der Waals surface area (Å²) in [7, 11) is 1.87. The highest BCUT2D eigenvalue weighted by atomic mass is 16.1. The van der Waals surface area contributed by atoms with Crippen LogP contribution in [0.2, 0.25) is 0 Å². The Bertz CT molecular complexity index is 1870. The summed E-state index contributed by atoms with van der Waals surface area (Å²) in [4.78, 5) is 25.4. The average molecular weight is 501 g/mol. The topological polar surface area (TPSA) is 119 Å². The number of anilines is 1. The van der Waals surface area contributed by atoms with Crippen LogP contribution in [-0.4, -0.2) is 35.0 Å². The Morgan fingerprint density at radius 1 is 1.11 bits per heavy atom. The maximum atomic E-state index is 13.4. The van der Waals surface area contributed by atoms with Gasteiger partial charge in [0.1, 0.15) is 17.7 Å². The average Bonchev–Trinajstić information content (AvgIpc) is 3.66. The number of H-pyrrole nitrogens is 1. The van der Waals surface area contributed by atoms with E-state index in [4.69, 9.17) is 5.73 Å². The van der Waals surface area contributed by atoms with Gasteiger partial charge >= 0.3 is 0 Å². The molecule has 0 radical (unpaired) electrons. The molecule has 0 aliphatic carbocycles. The number of nitrogen functional groups attached to an aromatic ring is 1. The van der Waals surface area contributed by atoms with Gasteiger partial charge in [0, 0.05) is 53.4 Å². The normalized spacial score (nSPS) is 11.8. The lowest BCUT2D eigenvalue weighted by atomic mass is 9.96. The molecule has 9 heteroatoms. The summed E-state index contributed by atoms with van der Waals surface area (Å²) < 4.78 is 3.40. The number of aryl methyl sites for hydroxylation is 1. The second-order valence-electron chi connectivity index (χ2n) is 9.02. The molecule has 1 atom stereocenters. The van der Waals surface area contributed by atoms with Crippen LogP contribution >= 0.6 is 0 Å². The van der Waals surface area contributed by atoms with E-state index in [2.05, 4.69) is 49.3 Å². The van der Waals surface area contributed by atoms with Crippen molar-refractivity contribution >= 4 is 28.3 Å². The number of imidazole rings is 1. The van der Waals surface area contributed by atoms with Gasteiger partial charge in [-0.3, -0.25) is 13.9 Å². The van der Waals surface area contributed by atoms with Crippen LogP contribution in [0.5, 0.6) is 0 Å². The van der Waals surface area contributed by atoms with E-state index in [0.29, 0.717) is 5.65 Å². The molecule has 0 saturated heterocycles. The maximum absolute atomic E-state index is 13.4. The third-order valence-electron chi connectivity index (χ3n) is 6.44. The van der Waals surface area contributed by atoms with Crippen molar-refractivity contribution in [1.29, 1.82) is 0 Å². The highest BCUT2D eigenvalue weighted by Crippen LogP contribution is 2.37. The fourth-order valence-electron chi connectivity index (χ4n) is 4.69. The van der Waals surface area contributed by atoms with Crippen LogP contribution in [0.4, 0.5) is 5.82 Å². The first-order valence-corrected chi connectivity index (χ1v) is 12.1. The maximum Gasteiger partial charge on any atom is 0.259 e. The molecule has 0 bridgehead atoms. The van der Waals surface area contributed by atoms with Gasteiger partial charge in [-0.05, 0) is 24.6 Å². The van der Waals surface area contributed by atoms with Crippen LogP contribution in [0.25, 0.3) is 27.7 Å². The van der Waals surface area contributed by atoms with Crippen LogP contribution in [0.3, 0.4) is 0 Å². The molecular formula is C29H24N8O. The highest BCUT2D eigenvalue weighted by Gasteiger charge is 2.24. The number of rotatable bonds is 4. The first-order chi connectivity index (χ1) is 18.5. The van der Waals surface area contributed by atoms with Gasteiger partial charge in [0.25, 0.3) is 5.91 Å². The van der Waals surface area contributed by atoms with Crippen LogP contribution < -0.4 is 11.1 Å². The molecule has 4 heterocycles. The van der Waals surface area contributed by atoms with E-state index < -0.39 is 0 Å². The van der Waals surface area contributed by atoms with E-state index in [0.717, 1.165) is 38.9 Å². The molecule has 2 aromatic carbocycles. The predicted octanol–water partition coefficient (Wildman–Crippen LogP) is 4.08. The summed E-state index contributed by atoms with van der Waals surface area (Å²) in [5.74, 6) is 6.32. The molecule has 0 fully saturated rings. The standard InChI is InChI=1S/C29H24N8O/c1-18(34-29(38)25-27(30)32-17-37-14-13-31-28(25)37)26-24(20-7-4-3-5-8-20)23-21(9-6-10-22(23)35-26)12-11-19-15-33-36(2)16-19/h3-10,13-18,35H,30H2,1-2H3,(H,34,38)/t18-/m1/s1. The number of carbonyl (C=O) groups is 1. The van der Waals surface area contributed by atoms with Crippen molar-refractivity contribution in [3.63, 3.8) is 0 Å². The summed E-state index contributed by atoms with van der Waals surface area (Å²) in [6, 6.07) is 15.7. The second-order valence-corrected chi connectivity index (χ2v) is 9.02. The summed E-state index contributed by atoms with van der Waals surface area (Å²) in [6.07, 6.45) is 8.49. The van der Waals surface area contributed by atoms with E-state index in [1.54, 1.807) is 27.7 Å². The second kappa shape index (κ2) is 9.26. The third-order valence-corrected chi connectivity index (χ3v) is 6.44. The third kappa shape index (κ3) is 4.04. The summed E-state index contributed by atoms with van der Waals surface area (Å²) in [5.41, 5.74) is 12.3. The number of nitrogens with two attached hydrogens (primary N) is 1. The molecule has 38 heavy (non-hydrogen) atoms. The van der Waals surface area contributed by atoms with Gasteiger partial charge in [0.2, 0.25) is 0 Å². The zero-order valence-corrected chi connectivity index (χ0v) is 20.8. The molecule has 0 unspecified atom stereocenters. The van der Waals surface area contributed by atoms with Crippen LogP contribution in [0, 0.1) is 11.8 Å². The van der Waals surface area contributed by atoms with Gasteiger partial charge in [-0.25, -0.2) is 9.97 Å². The Hall–Kier alpha value is -5.36. The number of fused-ring (bicyclic) bond motifs is 2. The Morgan fingerprint density at radius 2 is 1.95 bits per heavy atom. The van der Waals surface area contributed by atoms with Gasteiger partial charge in [0.05, 0.1) is 17.8 Å². The van der Waals surface area contributed by atoms with E-state index >= 15 is 0 Å². The Balaban J connectivity index is 1.46. The number of amides is 1. The fraction of sp³-hybridized carbons (Fsp3) is 0.103. The van der Waals surface area contributed by atoms with Gasteiger partial charge in [-0.1, -0.05) is 48.2 Å². The number of hydrogen-bond acceptors (Lipinski definition) is 5. The van der Waals surface area contributed by atoms with Crippen LogP contribution in [-0.2, 0) is 7.05 Å². The highest BCUT2D eigenvalue weighted by molar-refractivity contribution is 6.05. The number of aromatic amines is 1. The minimum Gasteiger partial charge on any atom is -0.383 e. The minimum absolute atomic E-state index is 0.126. The summed E-state index contributed by atoms with van der Waals surface area (Å²) in [6.45, 7) is 1.94. The molecular weight excluding hydrogens is 476 g/mol. The molecule has 4 aromatic heterocycles. The van der Waals surface area contributed by atoms with E-state index in [1.165, 1.54) is 6.33 Å². The lowest BCUT2D eigenvalue weighted by Gasteiger charge is -2.16. The first kappa shape index (κ1) is 23.1. The summed E-state index contributed by atoms with van der Waals surface area (Å²) >= 11 is 0. The number of carbonyl (C=O) groups excluding carboxylic acids is 1. The molecule has 186 valence electrons. The molecule has 0 aliphatic heterocycles. The van der Waals surface area contributed by atoms with Crippen molar-refractivity contribution in [3.8, 4) is 23.0 Å². The monoisotopic (exact) mass is 500 g/mol. The lowest BCUT2D eigenvalue weighted by molar-refractivity contribution is 0.0941. The van der Waals surface area contributed by atoms with Crippen molar-refractivity contribution in [2.24, 2.45) is 7.05 Å². The van der Waals surface area contributed by atoms with E-state index in [-0.39, 0.29) is 23.3 Å². The quantitative estimate of drug-likeness (QED) is 0.315. The zero-order valence-electron chi connectivity index (χ0n) is 20.8. The summed E-state index contributed by atoms with van der Waals surface area (Å²) in [5, 5.41) is 8.29. The van der Waals surface area contributed by atoms with Crippen LogP contribution in [0.15, 0.2) is 79.6 Å². The van der Waals surface area contributed by atoms with E-state index in [9.17, 15) is 4.79 Å². The number of benzene rings is 2. The SMILES string of the molecule is C[C@@H](NC(=O)c1c(N)ncn2ccnc12)c1[nH]c2cccc(C#Cc3cnn(C)c3)c2c1-c1ccccc1. The lowest BCUT2D eigenvalue weighted by Crippen LogP contribution is -2.28. The van der Waals surface area contributed by atoms with Crippen molar-refractivity contribution in [2.75, 3.05) is 5.73 Å². The Labute approximate surface area is 218 Å². The molecule has 9 nitrogen and oxygen atoms in total. The molecule has 4 N–H and O–H groups in total. The van der Waals surface area contributed by atoms with Gasteiger partial charge in [0.15, 0.2) is 5.65 Å². The molecule has 0 saturated carbocycles. The van der Waals surface area contributed by atoms with Gasteiger partial charge < -0.3 is 16.0 Å². The zero-order chi connectivity index (χ0) is 26.2. The molecule has 6 aromatic rings. The van der Waals surface area contributed by atoms with Crippen molar-refractivity contribution in [1.82, 2.24) is 34.4 Å². The minimum atomic E-state index is -0.390. The molecule has 1 amide bonds. The van der Waals surface area contributed by atoms with Crippen molar-refractivity contribution in [3.05, 3.63) is 102 Å².